The molecule has 1 aliphatic heterocycles. The second kappa shape index (κ2) is 16.6. The Labute approximate surface area is 293 Å². The van der Waals surface area contributed by atoms with Gasteiger partial charge in [0.2, 0.25) is 23.6 Å². The summed E-state index contributed by atoms with van der Waals surface area (Å²) < 4.78 is 0. The summed E-state index contributed by atoms with van der Waals surface area (Å²) in [5.41, 5.74) is 2.18. The highest BCUT2D eigenvalue weighted by Gasteiger charge is 2.34. The van der Waals surface area contributed by atoms with Gasteiger partial charge in [-0.25, -0.2) is 4.79 Å². The molecule has 0 bridgehead atoms. The molecule has 5 amide bonds. The molecule has 15 nitrogen and oxygen atoms in total. The number of aromatic amines is 1. The van der Waals surface area contributed by atoms with Gasteiger partial charge in [-0.05, 0) is 56.9 Å². The Morgan fingerprint density at radius 1 is 0.960 bits per heavy atom. The van der Waals surface area contributed by atoms with Crippen molar-refractivity contribution >= 4 is 58.2 Å². The summed E-state index contributed by atoms with van der Waals surface area (Å²) in [4.78, 5) is 87.1. The normalized spacial score (nSPS) is 23.4. The first kappa shape index (κ1) is 37.9. The van der Waals surface area contributed by atoms with Crippen molar-refractivity contribution in [1.82, 2.24) is 36.6 Å². The number of amides is 5. The predicted molar refractivity (Wildman–Crippen MR) is 185 cm³/mol. The number of carboxylic acids is 1. The number of rotatable bonds is 6. The molecular formula is C34H43N7O8S. The van der Waals surface area contributed by atoms with Gasteiger partial charge in [-0.3, -0.25) is 29.0 Å². The Morgan fingerprint density at radius 2 is 1.68 bits per heavy atom. The molecule has 0 aliphatic carbocycles. The summed E-state index contributed by atoms with van der Waals surface area (Å²) in [6.45, 7) is 8.12. The third-order valence-corrected chi connectivity index (χ3v) is 9.28. The van der Waals surface area contributed by atoms with Crippen LogP contribution in [0.2, 0.25) is 0 Å². The molecule has 16 heteroatoms. The third-order valence-electron chi connectivity index (χ3n) is 8.14. The lowest BCUT2D eigenvalue weighted by Crippen LogP contribution is -2.60. The SMILES string of the molecule is Cc1ccc(C(=O)N[C@H]2Cc3c([nH]c4ccccc34)SC[C@@H](C(=O)O)NC(=O)[C@H]([C@@H](C)O)NC(=O)[C@@H](C)NC(=O)[C@H](CC(C)C)NC2=O)cn1. The number of carbonyl (C=O) groups excluding carboxylic acids is 5. The summed E-state index contributed by atoms with van der Waals surface area (Å²) >= 11 is 1.08. The van der Waals surface area contributed by atoms with Crippen molar-refractivity contribution in [2.24, 2.45) is 5.92 Å². The predicted octanol–water partition coefficient (Wildman–Crippen LogP) is 0.789. The van der Waals surface area contributed by atoms with Gasteiger partial charge in [0.15, 0.2) is 0 Å². The number of aromatic nitrogens is 2. The molecule has 268 valence electrons. The van der Waals surface area contributed by atoms with Crippen molar-refractivity contribution in [3.63, 3.8) is 0 Å². The highest BCUT2D eigenvalue weighted by molar-refractivity contribution is 7.99. The Hall–Kier alpha value is -4.96. The number of fused-ring (bicyclic) bond motifs is 3. The molecule has 0 fully saturated rings. The summed E-state index contributed by atoms with van der Waals surface area (Å²) in [6.07, 6.45) is 0.107. The van der Waals surface area contributed by atoms with Gasteiger partial charge in [0.25, 0.3) is 5.91 Å². The topological polar surface area (TPSA) is 232 Å². The van der Waals surface area contributed by atoms with Gasteiger partial charge >= 0.3 is 5.97 Å². The first-order chi connectivity index (χ1) is 23.6. The fourth-order valence-corrected chi connectivity index (χ4v) is 6.51. The Balaban J connectivity index is 1.80. The largest absolute Gasteiger partial charge is 0.480 e. The van der Waals surface area contributed by atoms with E-state index in [1.54, 1.807) is 37.3 Å². The molecule has 0 spiro atoms. The van der Waals surface area contributed by atoms with Crippen LogP contribution in [-0.4, -0.2) is 97.8 Å². The number of hydrogen-bond donors (Lipinski definition) is 8. The minimum absolute atomic E-state index is 0.0633. The van der Waals surface area contributed by atoms with E-state index in [0.29, 0.717) is 27.2 Å². The van der Waals surface area contributed by atoms with Crippen molar-refractivity contribution < 1.29 is 39.0 Å². The maximum atomic E-state index is 14.1. The van der Waals surface area contributed by atoms with E-state index in [0.717, 1.165) is 11.8 Å². The van der Waals surface area contributed by atoms with Gasteiger partial charge in [-0.1, -0.05) is 32.0 Å². The smallest absolute Gasteiger partial charge is 0.327 e. The number of aliphatic carboxylic acids is 1. The number of H-pyrrole nitrogens is 1. The van der Waals surface area contributed by atoms with Crippen LogP contribution in [0.5, 0.6) is 0 Å². The summed E-state index contributed by atoms with van der Waals surface area (Å²) in [5, 5.41) is 34.4. The van der Waals surface area contributed by atoms with Crippen LogP contribution in [0.3, 0.4) is 0 Å². The average molecular weight is 710 g/mol. The number of pyridine rings is 1. The van der Waals surface area contributed by atoms with Gasteiger partial charge < -0.3 is 41.8 Å². The average Bonchev–Trinajstić information content (AvgIpc) is 3.40. The Kier molecular flexibility index (Phi) is 12.6. The van der Waals surface area contributed by atoms with E-state index in [2.05, 4.69) is 36.6 Å². The quantitative estimate of drug-likeness (QED) is 0.179. The van der Waals surface area contributed by atoms with Crippen LogP contribution in [0, 0.1) is 12.8 Å². The molecule has 0 unspecified atom stereocenters. The van der Waals surface area contributed by atoms with Crippen LogP contribution < -0.4 is 26.6 Å². The number of nitrogens with one attached hydrogen (secondary N) is 6. The standard InChI is InChI=1S/C34H43N7O8S/c1-16(2)12-24-30(45)36-18(4)28(43)41-27(19(5)42)32(47)39-26(34(48)49)15-50-33-22(21-8-6-7-9-23(21)40-33)13-25(31(46)38-24)37-29(44)20-11-10-17(3)35-14-20/h6-11,14,16,18-19,24-27,40,42H,12-13,15H2,1-5H3,(H,36,45)(H,37,44)(H,38,46)(H,39,47)(H,41,43)(H,48,49)/t18-,19-,24+,25+,26+,27+/m1/s1. The van der Waals surface area contributed by atoms with E-state index in [1.165, 1.54) is 20.0 Å². The zero-order valence-electron chi connectivity index (χ0n) is 28.4. The second-order valence-electron chi connectivity index (χ2n) is 12.8. The monoisotopic (exact) mass is 709 g/mol. The number of aryl methyl sites for hydroxylation is 1. The van der Waals surface area contributed by atoms with Crippen LogP contribution in [0.4, 0.5) is 0 Å². The van der Waals surface area contributed by atoms with Crippen LogP contribution in [0.15, 0.2) is 47.6 Å². The number of hydrogen-bond acceptors (Lipinski definition) is 9. The minimum atomic E-state index is -1.53. The molecule has 1 aromatic carbocycles. The number of thioether (sulfide) groups is 1. The lowest BCUT2D eigenvalue weighted by molar-refractivity contribution is -0.142. The van der Waals surface area contributed by atoms with E-state index < -0.39 is 71.8 Å². The molecule has 1 aliphatic rings. The van der Waals surface area contributed by atoms with E-state index in [9.17, 15) is 39.0 Å². The fourth-order valence-electron chi connectivity index (χ4n) is 5.40. The minimum Gasteiger partial charge on any atom is -0.480 e. The molecule has 0 saturated heterocycles. The van der Waals surface area contributed by atoms with Crippen molar-refractivity contribution in [3.8, 4) is 0 Å². The van der Waals surface area contributed by atoms with Crippen molar-refractivity contribution in [1.29, 1.82) is 0 Å². The molecule has 3 aromatic rings. The van der Waals surface area contributed by atoms with Crippen molar-refractivity contribution in [2.75, 3.05) is 5.75 Å². The summed E-state index contributed by atoms with van der Waals surface area (Å²) in [5.74, 6) is -5.29. The molecule has 8 N–H and O–H groups in total. The maximum absolute atomic E-state index is 14.1. The molecule has 4 rings (SSSR count). The number of carboxylic acid groups (broad SMARTS) is 1. The molecule has 3 heterocycles. The number of aliphatic hydroxyl groups excluding tert-OH is 1. The molecular weight excluding hydrogens is 666 g/mol. The van der Waals surface area contributed by atoms with Gasteiger partial charge in [0, 0.05) is 35.0 Å². The molecule has 6 atom stereocenters. The zero-order valence-corrected chi connectivity index (χ0v) is 29.2. The molecule has 0 radical (unpaired) electrons. The molecule has 0 saturated carbocycles. The first-order valence-corrected chi connectivity index (χ1v) is 17.2. The lowest BCUT2D eigenvalue weighted by atomic mass is 10.00. The number of para-hydroxylation sites is 1. The first-order valence-electron chi connectivity index (χ1n) is 16.2. The fraction of sp³-hybridized carbons (Fsp3) is 0.441. The number of aliphatic hydroxyl groups is 1. The zero-order chi connectivity index (χ0) is 36.7. The Morgan fingerprint density at radius 3 is 2.32 bits per heavy atom. The number of carbonyl (C=O) groups is 6. The number of benzene rings is 1. The summed E-state index contributed by atoms with van der Waals surface area (Å²) in [6, 6.07) is 3.94. The van der Waals surface area contributed by atoms with Gasteiger partial charge in [0.05, 0.1) is 16.7 Å². The number of nitrogens with zero attached hydrogens (tertiary/aromatic N) is 1. The third kappa shape index (κ3) is 9.59. The summed E-state index contributed by atoms with van der Waals surface area (Å²) in [7, 11) is 0. The van der Waals surface area contributed by atoms with Crippen molar-refractivity contribution in [2.45, 2.75) is 88.8 Å². The van der Waals surface area contributed by atoms with Crippen LogP contribution in [0.25, 0.3) is 10.9 Å². The van der Waals surface area contributed by atoms with E-state index >= 15 is 0 Å². The van der Waals surface area contributed by atoms with Crippen molar-refractivity contribution in [3.05, 3.63) is 59.4 Å². The molecule has 50 heavy (non-hydrogen) atoms. The second-order valence-corrected chi connectivity index (χ2v) is 13.8. The Bertz CT molecular complexity index is 1740. The highest BCUT2D eigenvalue weighted by Crippen LogP contribution is 2.31. The van der Waals surface area contributed by atoms with Crippen LogP contribution in [0.1, 0.15) is 55.7 Å². The van der Waals surface area contributed by atoms with Crippen LogP contribution >= 0.6 is 11.8 Å². The van der Waals surface area contributed by atoms with E-state index in [1.807, 2.05) is 19.9 Å². The highest BCUT2D eigenvalue weighted by atomic mass is 32.2. The van der Waals surface area contributed by atoms with Crippen LogP contribution in [-0.2, 0) is 30.4 Å². The van der Waals surface area contributed by atoms with Gasteiger partial charge in [-0.15, -0.1) is 11.8 Å². The van der Waals surface area contributed by atoms with E-state index in [-0.39, 0.29) is 30.1 Å². The maximum Gasteiger partial charge on any atom is 0.327 e. The van der Waals surface area contributed by atoms with Gasteiger partial charge in [-0.2, -0.15) is 0 Å². The lowest BCUT2D eigenvalue weighted by Gasteiger charge is -2.27. The van der Waals surface area contributed by atoms with Gasteiger partial charge in [0.1, 0.15) is 30.2 Å². The van der Waals surface area contributed by atoms with E-state index in [4.69, 9.17) is 0 Å². The molecule has 2 aromatic heterocycles.